The Hall–Kier alpha value is -0.570. The van der Waals surface area contributed by atoms with Gasteiger partial charge in [0.25, 0.3) is 0 Å². The van der Waals surface area contributed by atoms with Crippen molar-refractivity contribution in [2.45, 2.75) is 90.4 Å². The normalized spacial score (nSPS) is 10.7. The van der Waals surface area contributed by atoms with Crippen LogP contribution in [0, 0.1) is 0 Å². The van der Waals surface area contributed by atoms with Crippen LogP contribution < -0.4 is 5.32 Å². The Labute approximate surface area is 132 Å². The molecule has 0 aliphatic heterocycles. The minimum Gasteiger partial charge on any atom is -0.381 e. The van der Waals surface area contributed by atoms with Gasteiger partial charge in [-0.25, -0.2) is 0 Å². The molecule has 0 spiro atoms. The highest BCUT2D eigenvalue weighted by Crippen LogP contribution is 2.11. The molecule has 126 valence electrons. The highest BCUT2D eigenvalue weighted by Gasteiger charge is 1.94. The molecular weight excluding hydrogens is 262 g/mol. The maximum absolute atomic E-state index is 10.0. The lowest BCUT2D eigenvalue weighted by molar-refractivity contribution is -0.109. The minimum atomic E-state index is 0.724. The van der Waals surface area contributed by atoms with Crippen LogP contribution in [0.1, 0.15) is 90.4 Å². The van der Waals surface area contributed by atoms with Crippen molar-refractivity contribution in [3.63, 3.8) is 0 Å². The molecule has 0 rings (SSSR count). The molecule has 0 radical (unpaired) electrons. The monoisotopic (exact) mass is 299 g/mol. The third-order valence-corrected chi connectivity index (χ3v) is 3.84. The summed E-state index contributed by atoms with van der Waals surface area (Å²) in [6.07, 6.45) is 18.2. The maximum atomic E-state index is 10.0. The van der Waals surface area contributed by atoms with Gasteiger partial charge in [0.2, 0.25) is 6.41 Å². The Morgan fingerprint density at radius 1 is 0.714 bits per heavy atom. The van der Waals surface area contributed by atoms with Crippen molar-refractivity contribution in [3.05, 3.63) is 0 Å². The van der Waals surface area contributed by atoms with E-state index in [9.17, 15) is 4.79 Å². The Bertz CT molecular complexity index is 198. The summed E-state index contributed by atoms with van der Waals surface area (Å²) in [7, 11) is 0. The highest BCUT2D eigenvalue weighted by atomic mass is 16.5. The fourth-order valence-electron chi connectivity index (χ4n) is 2.48. The Balaban J connectivity index is 2.91. The van der Waals surface area contributed by atoms with Crippen molar-refractivity contribution in [1.29, 1.82) is 0 Å². The number of hydrogen-bond donors (Lipinski definition) is 1. The second kappa shape index (κ2) is 19.4. The van der Waals surface area contributed by atoms with E-state index in [2.05, 4.69) is 12.2 Å². The second-order valence-electron chi connectivity index (χ2n) is 5.93. The first-order chi connectivity index (χ1) is 10.4. The summed E-state index contributed by atoms with van der Waals surface area (Å²) in [4.78, 5) is 10.0. The molecule has 0 aliphatic carbocycles. The number of carbonyl (C=O) groups is 1. The zero-order chi connectivity index (χ0) is 15.4. The fourth-order valence-corrected chi connectivity index (χ4v) is 2.48. The molecule has 0 unspecified atom stereocenters. The zero-order valence-corrected chi connectivity index (χ0v) is 14.2. The standard InChI is InChI=1S/C18H37NO2/c1-2-3-4-5-6-7-8-9-10-11-12-13-16-21-17-14-15-19-18-20/h18H,2-17H2,1H3,(H,19,20). The van der Waals surface area contributed by atoms with Crippen molar-refractivity contribution < 1.29 is 9.53 Å². The molecular formula is C18H37NO2. The van der Waals surface area contributed by atoms with Gasteiger partial charge < -0.3 is 10.1 Å². The van der Waals surface area contributed by atoms with Gasteiger partial charge in [0, 0.05) is 19.8 Å². The number of rotatable bonds is 18. The van der Waals surface area contributed by atoms with Crippen LogP contribution in [0.4, 0.5) is 0 Å². The quantitative estimate of drug-likeness (QED) is 0.290. The van der Waals surface area contributed by atoms with E-state index in [1.807, 2.05) is 0 Å². The number of unbranched alkanes of at least 4 members (excludes halogenated alkanes) is 11. The highest BCUT2D eigenvalue weighted by molar-refractivity contribution is 5.45. The summed E-state index contributed by atoms with van der Waals surface area (Å²) in [5.41, 5.74) is 0. The summed E-state index contributed by atoms with van der Waals surface area (Å²) >= 11 is 0. The van der Waals surface area contributed by atoms with Gasteiger partial charge in [0.05, 0.1) is 0 Å². The topological polar surface area (TPSA) is 38.3 Å². The van der Waals surface area contributed by atoms with Gasteiger partial charge >= 0.3 is 0 Å². The first kappa shape index (κ1) is 20.4. The van der Waals surface area contributed by atoms with Gasteiger partial charge in [0.1, 0.15) is 0 Å². The number of ether oxygens (including phenoxy) is 1. The molecule has 0 aromatic heterocycles. The van der Waals surface area contributed by atoms with Crippen LogP contribution in [0.25, 0.3) is 0 Å². The third kappa shape index (κ3) is 19.4. The van der Waals surface area contributed by atoms with E-state index in [4.69, 9.17) is 4.74 Å². The summed E-state index contributed by atoms with van der Waals surface area (Å²) in [6, 6.07) is 0. The molecule has 3 heteroatoms. The molecule has 1 amide bonds. The first-order valence-electron chi connectivity index (χ1n) is 9.16. The Morgan fingerprint density at radius 2 is 1.19 bits per heavy atom. The van der Waals surface area contributed by atoms with E-state index in [0.717, 1.165) is 32.6 Å². The molecule has 0 fully saturated rings. The van der Waals surface area contributed by atoms with Crippen LogP contribution >= 0.6 is 0 Å². The molecule has 0 aromatic carbocycles. The van der Waals surface area contributed by atoms with Gasteiger partial charge in [-0.05, 0) is 12.8 Å². The molecule has 0 atom stereocenters. The summed E-state index contributed by atoms with van der Waals surface area (Å²) < 4.78 is 5.52. The van der Waals surface area contributed by atoms with Gasteiger partial charge in [-0.3, -0.25) is 4.79 Å². The molecule has 0 saturated carbocycles. The van der Waals surface area contributed by atoms with Crippen LogP contribution in [0.3, 0.4) is 0 Å². The zero-order valence-electron chi connectivity index (χ0n) is 14.2. The lowest BCUT2D eigenvalue weighted by atomic mass is 10.1. The molecule has 0 aromatic rings. The second-order valence-corrected chi connectivity index (χ2v) is 5.93. The van der Waals surface area contributed by atoms with E-state index < -0.39 is 0 Å². The molecule has 0 bridgehead atoms. The van der Waals surface area contributed by atoms with E-state index in [1.165, 1.54) is 77.0 Å². The first-order valence-corrected chi connectivity index (χ1v) is 9.16. The van der Waals surface area contributed by atoms with E-state index in [0.29, 0.717) is 0 Å². The minimum absolute atomic E-state index is 0.724. The number of hydrogen-bond acceptors (Lipinski definition) is 2. The summed E-state index contributed by atoms with van der Waals surface area (Å²) in [5, 5.41) is 2.64. The SMILES string of the molecule is CCCCCCCCCCCCCCOCCCNC=O. The van der Waals surface area contributed by atoms with Crippen LogP contribution in [0.5, 0.6) is 0 Å². The van der Waals surface area contributed by atoms with E-state index >= 15 is 0 Å². The van der Waals surface area contributed by atoms with Crippen LogP contribution in [0.15, 0.2) is 0 Å². The van der Waals surface area contributed by atoms with E-state index in [-0.39, 0.29) is 0 Å². The third-order valence-electron chi connectivity index (χ3n) is 3.84. The van der Waals surface area contributed by atoms with Crippen molar-refractivity contribution in [2.24, 2.45) is 0 Å². The molecule has 0 heterocycles. The lowest BCUT2D eigenvalue weighted by Crippen LogP contribution is -2.14. The van der Waals surface area contributed by atoms with Crippen molar-refractivity contribution >= 4 is 6.41 Å². The van der Waals surface area contributed by atoms with Crippen molar-refractivity contribution in [3.8, 4) is 0 Å². The average molecular weight is 299 g/mol. The summed E-state index contributed by atoms with van der Waals surface area (Å²) in [5.74, 6) is 0. The lowest BCUT2D eigenvalue weighted by Gasteiger charge is -2.04. The molecule has 21 heavy (non-hydrogen) atoms. The van der Waals surface area contributed by atoms with Crippen LogP contribution in [-0.2, 0) is 9.53 Å². The predicted molar refractivity (Wildman–Crippen MR) is 90.6 cm³/mol. The van der Waals surface area contributed by atoms with Crippen LogP contribution in [0.2, 0.25) is 0 Å². The van der Waals surface area contributed by atoms with Crippen molar-refractivity contribution in [1.82, 2.24) is 5.32 Å². The largest absolute Gasteiger partial charge is 0.381 e. The van der Waals surface area contributed by atoms with Gasteiger partial charge in [-0.1, -0.05) is 77.6 Å². The number of carbonyl (C=O) groups excluding carboxylic acids is 1. The smallest absolute Gasteiger partial charge is 0.207 e. The number of amides is 1. The molecule has 1 N–H and O–H groups in total. The Morgan fingerprint density at radius 3 is 1.71 bits per heavy atom. The van der Waals surface area contributed by atoms with Crippen molar-refractivity contribution in [2.75, 3.05) is 19.8 Å². The van der Waals surface area contributed by atoms with E-state index in [1.54, 1.807) is 0 Å². The van der Waals surface area contributed by atoms with Gasteiger partial charge in [-0.2, -0.15) is 0 Å². The van der Waals surface area contributed by atoms with Gasteiger partial charge in [0.15, 0.2) is 0 Å². The Kier molecular flexibility index (Phi) is 18.9. The summed E-state index contributed by atoms with van der Waals surface area (Å²) in [6.45, 7) is 4.63. The fraction of sp³-hybridized carbons (Fsp3) is 0.944. The number of nitrogens with one attached hydrogen (secondary N) is 1. The molecule has 0 aliphatic rings. The molecule has 0 saturated heterocycles. The molecule has 3 nitrogen and oxygen atoms in total. The predicted octanol–water partition coefficient (Wildman–Crippen LogP) is 4.84. The van der Waals surface area contributed by atoms with Gasteiger partial charge in [-0.15, -0.1) is 0 Å². The average Bonchev–Trinajstić information content (AvgIpc) is 2.50. The van der Waals surface area contributed by atoms with Crippen LogP contribution in [-0.4, -0.2) is 26.2 Å². The maximum Gasteiger partial charge on any atom is 0.207 e.